The second-order valence-electron chi connectivity index (χ2n) is 16.6. The van der Waals surface area contributed by atoms with E-state index in [1.54, 1.807) is 26.4 Å². The molecule has 2 unspecified atom stereocenters. The lowest BCUT2D eigenvalue weighted by Crippen LogP contribution is -2.57. The van der Waals surface area contributed by atoms with Gasteiger partial charge in [-0.2, -0.15) is 0 Å². The summed E-state index contributed by atoms with van der Waals surface area (Å²) in [5, 5.41) is 36.1. The number of carbonyl (C=O) groups is 2. The maximum Gasteiger partial charge on any atom is 0.310 e. The fourth-order valence-electron chi connectivity index (χ4n) is 10.9. The van der Waals surface area contributed by atoms with Crippen LogP contribution in [0.4, 0.5) is 0 Å². The van der Waals surface area contributed by atoms with Crippen LogP contribution in [-0.4, -0.2) is 53.7 Å². The maximum atomic E-state index is 14.0. The SMILES string of the molecule is COc1cc2c(cc1O)C[C@]1(c3ccc4ccccc4c3)C(C2)[C@@H](OC(C)=O)C[C@@H](OC(=O)Cc2ccc3cc(O)ccc3c2)C[C@@H]2c3cc(OC)c(O)cc3CCC21. The fraction of sp³-hybridized carbons (Fsp3) is 0.320. The number of fused-ring (bicyclic) bond motifs is 8. The molecule has 9 heteroatoms. The summed E-state index contributed by atoms with van der Waals surface area (Å²) in [6, 6.07) is 33.3. The molecule has 0 radical (unpaired) electrons. The van der Waals surface area contributed by atoms with Crippen molar-refractivity contribution in [1.82, 2.24) is 0 Å². The summed E-state index contributed by atoms with van der Waals surface area (Å²) in [5.74, 6) is -0.174. The van der Waals surface area contributed by atoms with Crippen molar-refractivity contribution in [3.8, 4) is 28.7 Å². The lowest BCUT2D eigenvalue weighted by atomic mass is 9.47. The summed E-state index contributed by atoms with van der Waals surface area (Å²) >= 11 is 0. The zero-order valence-corrected chi connectivity index (χ0v) is 33.4. The molecular formula is C50H48O9. The molecule has 0 aromatic heterocycles. The third-order valence-corrected chi connectivity index (χ3v) is 13.4. The first-order valence-corrected chi connectivity index (χ1v) is 20.4. The lowest BCUT2D eigenvalue weighted by molar-refractivity contribution is -0.162. The van der Waals surface area contributed by atoms with Gasteiger partial charge in [-0.25, -0.2) is 0 Å². The Kier molecular flexibility index (Phi) is 9.86. The lowest BCUT2D eigenvalue weighted by Gasteiger charge is -2.57. The molecule has 9 rings (SSSR count). The van der Waals surface area contributed by atoms with Gasteiger partial charge in [-0.05, 0) is 135 Å². The number of esters is 2. The molecule has 0 saturated heterocycles. The van der Waals surface area contributed by atoms with Crippen molar-refractivity contribution < 1.29 is 43.9 Å². The minimum atomic E-state index is -0.630. The highest BCUT2D eigenvalue weighted by molar-refractivity contribution is 5.86. The largest absolute Gasteiger partial charge is 0.508 e. The van der Waals surface area contributed by atoms with E-state index in [-0.39, 0.29) is 53.8 Å². The van der Waals surface area contributed by atoms with Gasteiger partial charge in [0.25, 0.3) is 0 Å². The highest BCUT2D eigenvalue weighted by Gasteiger charge is 2.58. The molecule has 0 amide bonds. The van der Waals surface area contributed by atoms with Gasteiger partial charge in [0.2, 0.25) is 0 Å². The molecule has 1 saturated carbocycles. The Morgan fingerprint density at radius 3 is 2.17 bits per heavy atom. The van der Waals surface area contributed by atoms with E-state index < -0.39 is 23.6 Å². The van der Waals surface area contributed by atoms with Gasteiger partial charge in [0.15, 0.2) is 23.0 Å². The minimum Gasteiger partial charge on any atom is -0.508 e. The third kappa shape index (κ3) is 6.96. The van der Waals surface area contributed by atoms with Gasteiger partial charge in [-0.3, -0.25) is 9.59 Å². The Bertz CT molecular complexity index is 2610. The van der Waals surface area contributed by atoms with E-state index >= 15 is 0 Å². The predicted octanol–water partition coefficient (Wildman–Crippen LogP) is 9.01. The third-order valence-electron chi connectivity index (χ3n) is 13.4. The summed E-state index contributed by atoms with van der Waals surface area (Å²) in [7, 11) is 3.09. The topological polar surface area (TPSA) is 132 Å². The number of hydrogen-bond acceptors (Lipinski definition) is 9. The van der Waals surface area contributed by atoms with E-state index in [9.17, 15) is 24.9 Å². The van der Waals surface area contributed by atoms with Crippen molar-refractivity contribution >= 4 is 33.5 Å². The van der Waals surface area contributed by atoms with Crippen molar-refractivity contribution in [2.75, 3.05) is 14.2 Å². The van der Waals surface area contributed by atoms with Crippen LogP contribution in [0.25, 0.3) is 21.5 Å². The Labute approximate surface area is 343 Å². The molecule has 0 aliphatic heterocycles. The Morgan fingerprint density at radius 1 is 0.695 bits per heavy atom. The number of carbonyl (C=O) groups excluding carboxylic acids is 2. The van der Waals surface area contributed by atoms with Crippen LogP contribution in [0.1, 0.15) is 65.5 Å². The Morgan fingerprint density at radius 2 is 1.39 bits per heavy atom. The van der Waals surface area contributed by atoms with E-state index in [1.165, 1.54) is 6.92 Å². The number of hydrogen-bond donors (Lipinski definition) is 3. The molecule has 6 aromatic carbocycles. The summed E-state index contributed by atoms with van der Waals surface area (Å²) < 4.78 is 24.2. The molecule has 3 aliphatic carbocycles. The number of benzene rings is 6. The Hall–Kier alpha value is -6.22. The number of phenolic OH excluding ortho intramolecular Hbond substituents is 3. The molecule has 1 fully saturated rings. The number of rotatable bonds is 7. The first-order chi connectivity index (χ1) is 28.5. The molecule has 6 aromatic rings. The van der Waals surface area contributed by atoms with Crippen LogP contribution in [0.2, 0.25) is 0 Å². The van der Waals surface area contributed by atoms with E-state index in [0.717, 1.165) is 61.3 Å². The quantitative estimate of drug-likeness (QED) is 0.136. The second-order valence-corrected chi connectivity index (χ2v) is 16.6. The van der Waals surface area contributed by atoms with Crippen LogP contribution in [0, 0.1) is 11.8 Å². The average Bonchev–Trinajstić information content (AvgIpc) is 3.21. The zero-order chi connectivity index (χ0) is 41.0. The number of ether oxygens (including phenoxy) is 4. The highest BCUT2D eigenvalue weighted by Crippen LogP contribution is 2.60. The van der Waals surface area contributed by atoms with Gasteiger partial charge in [0.05, 0.1) is 20.6 Å². The van der Waals surface area contributed by atoms with Crippen molar-refractivity contribution in [2.24, 2.45) is 11.8 Å². The molecule has 0 bridgehead atoms. The molecule has 6 atom stereocenters. The van der Waals surface area contributed by atoms with E-state index in [0.29, 0.717) is 37.2 Å². The monoisotopic (exact) mass is 792 g/mol. The first kappa shape index (κ1) is 38.3. The summed E-state index contributed by atoms with van der Waals surface area (Å²) in [5.41, 5.74) is 5.39. The molecule has 3 aliphatic rings. The van der Waals surface area contributed by atoms with Crippen LogP contribution < -0.4 is 9.47 Å². The number of phenols is 3. The van der Waals surface area contributed by atoms with Crippen molar-refractivity contribution in [3.05, 3.63) is 137 Å². The van der Waals surface area contributed by atoms with Crippen molar-refractivity contribution in [3.63, 3.8) is 0 Å². The standard InChI is InChI=1S/C50H48O9/c1-28(51)58-46-25-39(59-49(55)17-29-8-9-33-19-38(52)14-11-32(33)16-29)24-41-40-26-48(57-3)44(53)21-34(40)12-15-42(41)50(37-13-10-30-6-4-5-7-31(30)18-37)27-36-22-45(54)47(56-2)23-35(36)20-43(46)50/h4-11,13-14,16,18-19,21-23,26,39,41-43,46,52-54H,12,15,17,20,24-25,27H2,1-3H3/t39-,41+,42?,43?,46-,50+/m0/s1. The van der Waals surface area contributed by atoms with Gasteiger partial charge in [-0.15, -0.1) is 0 Å². The average molecular weight is 793 g/mol. The fourth-order valence-corrected chi connectivity index (χ4v) is 10.9. The van der Waals surface area contributed by atoms with Crippen LogP contribution in [0.5, 0.6) is 28.7 Å². The molecular weight excluding hydrogens is 745 g/mol. The number of methoxy groups -OCH3 is 2. The molecule has 59 heavy (non-hydrogen) atoms. The van der Waals surface area contributed by atoms with Crippen LogP contribution in [-0.2, 0) is 50.2 Å². The minimum absolute atomic E-state index is 0.0407. The van der Waals surface area contributed by atoms with E-state index in [4.69, 9.17) is 18.9 Å². The van der Waals surface area contributed by atoms with Gasteiger partial charge < -0.3 is 34.3 Å². The second kappa shape index (κ2) is 15.2. The first-order valence-electron chi connectivity index (χ1n) is 20.4. The van der Waals surface area contributed by atoms with Gasteiger partial charge in [0, 0.05) is 24.7 Å². The van der Waals surface area contributed by atoms with Gasteiger partial charge >= 0.3 is 11.9 Å². The highest BCUT2D eigenvalue weighted by atomic mass is 16.6. The molecule has 0 heterocycles. The predicted molar refractivity (Wildman–Crippen MR) is 224 cm³/mol. The van der Waals surface area contributed by atoms with E-state index in [2.05, 4.69) is 30.3 Å². The molecule has 3 N–H and O–H groups in total. The summed E-state index contributed by atoms with van der Waals surface area (Å²) in [6.45, 7) is 1.44. The number of aryl methyl sites for hydroxylation is 1. The smallest absolute Gasteiger partial charge is 0.310 e. The summed E-state index contributed by atoms with van der Waals surface area (Å²) in [6.07, 6.45) is 2.07. The van der Waals surface area contributed by atoms with Crippen molar-refractivity contribution in [1.29, 1.82) is 0 Å². The van der Waals surface area contributed by atoms with Gasteiger partial charge in [0.1, 0.15) is 18.0 Å². The maximum absolute atomic E-state index is 14.0. The zero-order valence-electron chi connectivity index (χ0n) is 33.4. The normalized spacial score (nSPS) is 23.4. The van der Waals surface area contributed by atoms with Crippen LogP contribution >= 0.6 is 0 Å². The van der Waals surface area contributed by atoms with E-state index in [1.807, 2.05) is 60.7 Å². The molecule has 0 spiro atoms. The van der Waals surface area contributed by atoms with Crippen LogP contribution in [0.15, 0.2) is 103 Å². The number of aromatic hydroxyl groups is 3. The van der Waals surface area contributed by atoms with Gasteiger partial charge in [-0.1, -0.05) is 66.7 Å². The molecule has 302 valence electrons. The molecule has 9 nitrogen and oxygen atoms in total. The van der Waals surface area contributed by atoms with Crippen LogP contribution in [0.3, 0.4) is 0 Å². The van der Waals surface area contributed by atoms with Crippen molar-refractivity contribution in [2.45, 2.75) is 75.4 Å². The summed E-state index contributed by atoms with van der Waals surface area (Å²) in [4.78, 5) is 27.2. The Balaban J connectivity index is 1.21.